The number of cyclic esters (lactones) is 1. The number of rotatable bonds is 5. The van der Waals surface area contributed by atoms with E-state index in [1.807, 2.05) is 48.5 Å². The fourth-order valence-electron chi connectivity index (χ4n) is 3.33. The SMILES string of the molecule is COc1ccc(CN(c2ccc(C)cc2)C2OC(=O)c3ccccc32)cc1. The summed E-state index contributed by atoms with van der Waals surface area (Å²) in [5.41, 5.74) is 4.83. The molecule has 3 aromatic rings. The third kappa shape index (κ3) is 3.38. The van der Waals surface area contributed by atoms with Crippen molar-refractivity contribution >= 4 is 11.7 Å². The number of carbonyl (C=O) groups is 1. The third-order valence-electron chi connectivity index (χ3n) is 4.83. The Morgan fingerprint density at radius 1 is 0.963 bits per heavy atom. The van der Waals surface area contributed by atoms with E-state index in [2.05, 4.69) is 36.1 Å². The second-order valence-corrected chi connectivity index (χ2v) is 6.66. The van der Waals surface area contributed by atoms with Crippen LogP contribution in [0.1, 0.15) is 33.3 Å². The summed E-state index contributed by atoms with van der Waals surface area (Å²) in [5, 5.41) is 0. The number of nitrogens with zero attached hydrogens (tertiary/aromatic N) is 1. The predicted octanol–water partition coefficient (Wildman–Crippen LogP) is 4.88. The Kier molecular flexibility index (Phi) is 4.55. The van der Waals surface area contributed by atoms with Crippen molar-refractivity contribution in [1.82, 2.24) is 0 Å². The molecular formula is C23H21NO3. The largest absolute Gasteiger partial charge is 0.497 e. The number of esters is 1. The first-order valence-corrected chi connectivity index (χ1v) is 8.92. The molecule has 0 spiro atoms. The van der Waals surface area contributed by atoms with E-state index in [9.17, 15) is 4.79 Å². The van der Waals surface area contributed by atoms with E-state index in [0.29, 0.717) is 12.1 Å². The van der Waals surface area contributed by atoms with Crippen molar-refractivity contribution in [3.8, 4) is 5.75 Å². The topological polar surface area (TPSA) is 38.8 Å². The zero-order chi connectivity index (χ0) is 18.8. The van der Waals surface area contributed by atoms with Gasteiger partial charge in [0.2, 0.25) is 6.23 Å². The average Bonchev–Trinajstić information content (AvgIpc) is 3.04. The smallest absolute Gasteiger partial charge is 0.340 e. The van der Waals surface area contributed by atoms with Crippen molar-refractivity contribution in [2.45, 2.75) is 19.7 Å². The monoisotopic (exact) mass is 359 g/mol. The van der Waals surface area contributed by atoms with E-state index in [1.54, 1.807) is 7.11 Å². The van der Waals surface area contributed by atoms with E-state index in [4.69, 9.17) is 9.47 Å². The van der Waals surface area contributed by atoms with Crippen LogP contribution >= 0.6 is 0 Å². The molecule has 3 aromatic carbocycles. The molecule has 0 aliphatic carbocycles. The Morgan fingerprint density at radius 2 is 1.67 bits per heavy atom. The maximum Gasteiger partial charge on any atom is 0.340 e. The maximum absolute atomic E-state index is 12.3. The van der Waals surface area contributed by atoms with E-state index >= 15 is 0 Å². The van der Waals surface area contributed by atoms with Gasteiger partial charge in [-0.15, -0.1) is 0 Å². The molecule has 4 heteroatoms. The molecule has 1 aliphatic heterocycles. The molecule has 1 unspecified atom stereocenters. The molecule has 0 aromatic heterocycles. The Hall–Kier alpha value is -3.27. The fourth-order valence-corrected chi connectivity index (χ4v) is 3.33. The summed E-state index contributed by atoms with van der Waals surface area (Å²) in [7, 11) is 1.66. The number of anilines is 1. The maximum atomic E-state index is 12.3. The molecule has 0 radical (unpaired) electrons. The molecule has 27 heavy (non-hydrogen) atoms. The van der Waals surface area contributed by atoms with Crippen molar-refractivity contribution in [3.05, 3.63) is 95.1 Å². The molecule has 0 bridgehead atoms. The molecule has 0 saturated carbocycles. The second-order valence-electron chi connectivity index (χ2n) is 6.66. The van der Waals surface area contributed by atoms with Crippen molar-refractivity contribution in [2.75, 3.05) is 12.0 Å². The van der Waals surface area contributed by atoms with Gasteiger partial charge in [-0.25, -0.2) is 4.79 Å². The lowest BCUT2D eigenvalue weighted by Gasteiger charge is -2.30. The number of aryl methyl sites for hydroxylation is 1. The third-order valence-corrected chi connectivity index (χ3v) is 4.83. The minimum Gasteiger partial charge on any atom is -0.497 e. The lowest BCUT2D eigenvalue weighted by molar-refractivity contribution is 0.0374. The van der Waals surface area contributed by atoms with Gasteiger partial charge in [0.1, 0.15) is 5.75 Å². The molecule has 0 fully saturated rings. The highest BCUT2D eigenvalue weighted by Crippen LogP contribution is 2.37. The summed E-state index contributed by atoms with van der Waals surface area (Å²) in [6.45, 7) is 2.67. The minimum atomic E-state index is -0.446. The van der Waals surface area contributed by atoms with Crippen LogP contribution in [0, 0.1) is 6.92 Å². The fraction of sp³-hybridized carbons (Fsp3) is 0.174. The number of benzene rings is 3. The lowest BCUT2D eigenvalue weighted by Crippen LogP contribution is -2.28. The summed E-state index contributed by atoms with van der Waals surface area (Å²) in [4.78, 5) is 14.5. The molecule has 4 rings (SSSR count). The standard InChI is InChI=1S/C23H21NO3/c1-16-7-11-18(12-8-16)24(15-17-9-13-19(26-2)14-10-17)22-20-5-3-4-6-21(20)23(25)27-22/h3-14,22H,15H2,1-2H3. The number of carbonyl (C=O) groups excluding carboxylic acids is 1. The number of fused-ring (bicyclic) bond motifs is 1. The van der Waals surface area contributed by atoms with Gasteiger partial charge in [0.05, 0.1) is 12.7 Å². The first kappa shape index (κ1) is 17.2. The summed E-state index contributed by atoms with van der Waals surface area (Å²) in [6, 6.07) is 23.8. The van der Waals surface area contributed by atoms with Gasteiger partial charge in [0.15, 0.2) is 0 Å². The van der Waals surface area contributed by atoms with Crippen LogP contribution in [0.5, 0.6) is 5.75 Å². The summed E-state index contributed by atoms with van der Waals surface area (Å²) < 4.78 is 11.0. The van der Waals surface area contributed by atoms with Crippen LogP contribution in [0.3, 0.4) is 0 Å². The quantitative estimate of drug-likeness (QED) is 0.609. The van der Waals surface area contributed by atoms with Gasteiger partial charge in [0, 0.05) is 17.8 Å². The zero-order valence-electron chi connectivity index (χ0n) is 15.4. The highest BCUT2D eigenvalue weighted by Gasteiger charge is 2.35. The van der Waals surface area contributed by atoms with Gasteiger partial charge in [0.25, 0.3) is 0 Å². The Labute approximate surface area is 159 Å². The molecule has 0 amide bonds. The van der Waals surface area contributed by atoms with Crippen molar-refractivity contribution in [2.24, 2.45) is 0 Å². The molecular weight excluding hydrogens is 338 g/mol. The predicted molar refractivity (Wildman–Crippen MR) is 105 cm³/mol. The Morgan fingerprint density at radius 3 is 2.37 bits per heavy atom. The molecule has 1 heterocycles. The Bertz CT molecular complexity index is 948. The van der Waals surface area contributed by atoms with Crippen LogP contribution in [-0.2, 0) is 11.3 Å². The molecule has 0 N–H and O–H groups in total. The summed E-state index contributed by atoms with van der Waals surface area (Å²) in [5.74, 6) is 0.542. The van der Waals surface area contributed by atoms with Crippen molar-refractivity contribution < 1.29 is 14.3 Å². The van der Waals surface area contributed by atoms with Gasteiger partial charge in [-0.1, -0.05) is 48.0 Å². The van der Waals surface area contributed by atoms with Crippen LogP contribution in [0.4, 0.5) is 5.69 Å². The average molecular weight is 359 g/mol. The van der Waals surface area contributed by atoms with Gasteiger partial charge >= 0.3 is 5.97 Å². The van der Waals surface area contributed by atoms with Gasteiger partial charge < -0.3 is 14.4 Å². The van der Waals surface area contributed by atoms with Crippen LogP contribution < -0.4 is 9.64 Å². The van der Waals surface area contributed by atoms with Crippen LogP contribution in [0.15, 0.2) is 72.8 Å². The first-order chi connectivity index (χ1) is 13.2. The summed E-state index contributed by atoms with van der Waals surface area (Å²) in [6.07, 6.45) is -0.446. The van der Waals surface area contributed by atoms with E-state index in [1.165, 1.54) is 5.56 Å². The van der Waals surface area contributed by atoms with E-state index in [0.717, 1.165) is 22.6 Å². The zero-order valence-corrected chi connectivity index (χ0v) is 15.4. The minimum absolute atomic E-state index is 0.276. The lowest BCUT2D eigenvalue weighted by atomic mass is 10.1. The van der Waals surface area contributed by atoms with E-state index in [-0.39, 0.29) is 5.97 Å². The van der Waals surface area contributed by atoms with Gasteiger partial charge in [-0.2, -0.15) is 0 Å². The highest BCUT2D eigenvalue weighted by molar-refractivity contribution is 5.94. The second kappa shape index (κ2) is 7.16. The number of ether oxygens (including phenoxy) is 2. The Balaban J connectivity index is 1.72. The highest BCUT2D eigenvalue weighted by atomic mass is 16.6. The van der Waals surface area contributed by atoms with Crippen LogP contribution in [0.25, 0.3) is 0 Å². The van der Waals surface area contributed by atoms with Crippen molar-refractivity contribution in [1.29, 1.82) is 0 Å². The molecule has 0 saturated heterocycles. The molecule has 1 atom stereocenters. The number of hydrogen-bond donors (Lipinski definition) is 0. The first-order valence-electron chi connectivity index (χ1n) is 8.92. The van der Waals surface area contributed by atoms with Crippen LogP contribution in [-0.4, -0.2) is 13.1 Å². The molecule has 4 nitrogen and oxygen atoms in total. The summed E-state index contributed by atoms with van der Waals surface area (Å²) >= 11 is 0. The van der Waals surface area contributed by atoms with Gasteiger partial charge in [-0.05, 0) is 42.8 Å². The molecule has 1 aliphatic rings. The normalized spacial score (nSPS) is 15.2. The van der Waals surface area contributed by atoms with E-state index < -0.39 is 6.23 Å². The van der Waals surface area contributed by atoms with Gasteiger partial charge in [-0.3, -0.25) is 0 Å². The van der Waals surface area contributed by atoms with Crippen LogP contribution in [0.2, 0.25) is 0 Å². The molecule has 136 valence electrons. The number of hydrogen-bond acceptors (Lipinski definition) is 4. The van der Waals surface area contributed by atoms with Crippen molar-refractivity contribution in [3.63, 3.8) is 0 Å². The number of methoxy groups -OCH3 is 1.